The van der Waals surface area contributed by atoms with E-state index in [2.05, 4.69) is 10.6 Å². The minimum atomic E-state index is 0.108. The average Bonchev–Trinajstić information content (AvgIpc) is 2.15. The van der Waals surface area contributed by atoms with Crippen LogP contribution in [-0.4, -0.2) is 38.8 Å². The highest BCUT2D eigenvalue weighted by molar-refractivity contribution is 5.76. The first kappa shape index (κ1) is 8.49. The molecule has 1 amide bonds. The molecule has 0 aromatic heterocycles. The van der Waals surface area contributed by atoms with Crippen molar-refractivity contribution < 1.29 is 9.53 Å². The summed E-state index contributed by atoms with van der Waals surface area (Å²) in [7, 11) is 1.64. The van der Waals surface area contributed by atoms with E-state index in [1.807, 2.05) is 0 Å². The van der Waals surface area contributed by atoms with Crippen molar-refractivity contribution in [3.8, 4) is 0 Å². The van der Waals surface area contributed by atoms with Gasteiger partial charge in [-0.05, 0) is 0 Å². The van der Waals surface area contributed by atoms with Crippen LogP contribution in [0.1, 0.15) is 6.42 Å². The SMILES string of the molecule is COCC1CC(=O)NCCN1. The van der Waals surface area contributed by atoms with Crippen LogP contribution in [0.2, 0.25) is 0 Å². The number of carbonyl (C=O) groups is 1. The molecule has 1 unspecified atom stereocenters. The largest absolute Gasteiger partial charge is 0.383 e. The molecule has 64 valence electrons. The van der Waals surface area contributed by atoms with Crippen LogP contribution in [0.15, 0.2) is 0 Å². The lowest BCUT2D eigenvalue weighted by atomic mass is 10.2. The molecule has 0 aromatic rings. The highest BCUT2D eigenvalue weighted by Gasteiger charge is 2.15. The van der Waals surface area contributed by atoms with Gasteiger partial charge in [0.15, 0.2) is 0 Å². The zero-order valence-electron chi connectivity index (χ0n) is 6.72. The zero-order chi connectivity index (χ0) is 8.10. The van der Waals surface area contributed by atoms with Crippen molar-refractivity contribution >= 4 is 5.91 Å². The quantitative estimate of drug-likeness (QED) is 0.548. The summed E-state index contributed by atoms with van der Waals surface area (Å²) in [5, 5.41) is 5.98. The molecule has 1 atom stereocenters. The molecule has 0 radical (unpaired) electrons. The maximum atomic E-state index is 11.0. The third kappa shape index (κ3) is 2.86. The topological polar surface area (TPSA) is 50.4 Å². The van der Waals surface area contributed by atoms with Gasteiger partial charge in [-0.2, -0.15) is 0 Å². The monoisotopic (exact) mass is 158 g/mol. The third-order valence-electron chi connectivity index (χ3n) is 1.68. The molecule has 1 aliphatic rings. The van der Waals surface area contributed by atoms with Crippen molar-refractivity contribution in [3.05, 3.63) is 0 Å². The number of nitrogens with one attached hydrogen (secondary N) is 2. The molecule has 1 rings (SSSR count). The number of hydrogen-bond acceptors (Lipinski definition) is 3. The fourth-order valence-electron chi connectivity index (χ4n) is 1.17. The van der Waals surface area contributed by atoms with Crippen LogP contribution in [-0.2, 0) is 9.53 Å². The Hall–Kier alpha value is -0.610. The molecule has 1 aliphatic heterocycles. The Morgan fingerprint density at radius 2 is 2.45 bits per heavy atom. The molecule has 0 bridgehead atoms. The van der Waals surface area contributed by atoms with E-state index in [-0.39, 0.29) is 11.9 Å². The van der Waals surface area contributed by atoms with E-state index in [1.54, 1.807) is 7.11 Å². The minimum absolute atomic E-state index is 0.108. The molecule has 1 fully saturated rings. The number of hydrogen-bond donors (Lipinski definition) is 2. The van der Waals surface area contributed by atoms with E-state index < -0.39 is 0 Å². The van der Waals surface area contributed by atoms with Gasteiger partial charge < -0.3 is 15.4 Å². The highest BCUT2D eigenvalue weighted by Crippen LogP contribution is 1.95. The average molecular weight is 158 g/mol. The van der Waals surface area contributed by atoms with Crippen LogP contribution < -0.4 is 10.6 Å². The lowest BCUT2D eigenvalue weighted by molar-refractivity contribution is -0.121. The summed E-state index contributed by atoms with van der Waals surface area (Å²) in [5.41, 5.74) is 0. The normalized spacial score (nSPS) is 25.9. The molecule has 1 saturated heterocycles. The highest BCUT2D eigenvalue weighted by atomic mass is 16.5. The van der Waals surface area contributed by atoms with E-state index in [9.17, 15) is 4.79 Å². The van der Waals surface area contributed by atoms with Crippen molar-refractivity contribution in [3.63, 3.8) is 0 Å². The van der Waals surface area contributed by atoms with Crippen LogP contribution in [0.3, 0.4) is 0 Å². The molecule has 1 heterocycles. The molecule has 2 N–H and O–H groups in total. The van der Waals surface area contributed by atoms with Gasteiger partial charge in [0, 0.05) is 32.7 Å². The van der Waals surface area contributed by atoms with Crippen LogP contribution in [0.5, 0.6) is 0 Å². The third-order valence-corrected chi connectivity index (χ3v) is 1.68. The van der Waals surface area contributed by atoms with Gasteiger partial charge in [-0.15, -0.1) is 0 Å². The summed E-state index contributed by atoms with van der Waals surface area (Å²) in [6, 6.07) is 0.183. The Labute approximate surface area is 66.3 Å². The van der Waals surface area contributed by atoms with Crippen molar-refractivity contribution in [1.82, 2.24) is 10.6 Å². The molecule has 0 aliphatic carbocycles. The molecule has 0 spiro atoms. The summed E-state index contributed by atoms with van der Waals surface area (Å²) >= 11 is 0. The second kappa shape index (κ2) is 4.31. The summed E-state index contributed by atoms with van der Waals surface area (Å²) in [6.45, 7) is 2.16. The first-order valence-corrected chi connectivity index (χ1v) is 3.82. The molecule has 4 nitrogen and oxygen atoms in total. The minimum Gasteiger partial charge on any atom is -0.383 e. The molecule has 4 heteroatoms. The standard InChI is InChI=1S/C7H14N2O2/c1-11-5-6-4-7(10)9-3-2-8-6/h6,8H,2-5H2,1H3,(H,9,10). The van der Waals surface area contributed by atoms with Gasteiger partial charge in [0.1, 0.15) is 0 Å². The second-order valence-electron chi connectivity index (χ2n) is 2.66. The Kier molecular flexibility index (Phi) is 3.32. The molecule has 11 heavy (non-hydrogen) atoms. The molecular weight excluding hydrogens is 144 g/mol. The van der Waals surface area contributed by atoms with Crippen molar-refractivity contribution in [2.75, 3.05) is 26.8 Å². The fraction of sp³-hybridized carbons (Fsp3) is 0.857. The Bertz CT molecular complexity index is 138. The summed E-state index contributed by atoms with van der Waals surface area (Å²) < 4.78 is 4.94. The number of ether oxygens (including phenoxy) is 1. The van der Waals surface area contributed by atoms with E-state index in [0.29, 0.717) is 13.0 Å². The Morgan fingerprint density at radius 1 is 1.64 bits per heavy atom. The van der Waals surface area contributed by atoms with E-state index in [1.165, 1.54) is 0 Å². The first-order valence-electron chi connectivity index (χ1n) is 3.82. The first-order chi connectivity index (χ1) is 5.33. The van der Waals surface area contributed by atoms with Crippen LogP contribution in [0.25, 0.3) is 0 Å². The zero-order valence-corrected chi connectivity index (χ0v) is 6.72. The number of carbonyl (C=O) groups excluding carboxylic acids is 1. The summed E-state index contributed by atoms with van der Waals surface area (Å²) in [6.07, 6.45) is 0.522. The van der Waals surface area contributed by atoms with Crippen LogP contribution in [0, 0.1) is 0 Å². The summed E-state index contributed by atoms with van der Waals surface area (Å²) in [4.78, 5) is 11.0. The van der Waals surface area contributed by atoms with Gasteiger partial charge >= 0.3 is 0 Å². The van der Waals surface area contributed by atoms with Gasteiger partial charge in [-0.3, -0.25) is 4.79 Å². The van der Waals surface area contributed by atoms with Crippen molar-refractivity contribution in [2.45, 2.75) is 12.5 Å². The van der Waals surface area contributed by atoms with Crippen LogP contribution >= 0.6 is 0 Å². The number of amides is 1. The number of rotatable bonds is 2. The molecule has 0 saturated carbocycles. The molecule has 0 aromatic carbocycles. The lowest BCUT2D eigenvalue weighted by Gasteiger charge is -2.11. The van der Waals surface area contributed by atoms with E-state index in [4.69, 9.17) is 4.74 Å². The van der Waals surface area contributed by atoms with Crippen molar-refractivity contribution in [1.29, 1.82) is 0 Å². The molecular formula is C7H14N2O2. The smallest absolute Gasteiger partial charge is 0.221 e. The van der Waals surface area contributed by atoms with E-state index in [0.717, 1.165) is 13.1 Å². The maximum Gasteiger partial charge on any atom is 0.221 e. The second-order valence-corrected chi connectivity index (χ2v) is 2.66. The maximum absolute atomic E-state index is 11.0. The fourth-order valence-corrected chi connectivity index (χ4v) is 1.17. The predicted molar refractivity (Wildman–Crippen MR) is 41.3 cm³/mol. The van der Waals surface area contributed by atoms with Gasteiger partial charge in [0.2, 0.25) is 5.91 Å². The Morgan fingerprint density at radius 3 is 3.18 bits per heavy atom. The van der Waals surface area contributed by atoms with Gasteiger partial charge in [0.05, 0.1) is 6.61 Å². The number of methoxy groups -OCH3 is 1. The van der Waals surface area contributed by atoms with Crippen molar-refractivity contribution in [2.24, 2.45) is 0 Å². The predicted octanol–water partition coefficient (Wildman–Crippen LogP) is -0.889. The van der Waals surface area contributed by atoms with Crippen LogP contribution in [0.4, 0.5) is 0 Å². The van der Waals surface area contributed by atoms with Gasteiger partial charge in [-0.25, -0.2) is 0 Å². The van der Waals surface area contributed by atoms with Gasteiger partial charge in [0.25, 0.3) is 0 Å². The van der Waals surface area contributed by atoms with E-state index >= 15 is 0 Å². The summed E-state index contributed by atoms with van der Waals surface area (Å²) in [5.74, 6) is 0.108. The lowest BCUT2D eigenvalue weighted by Crippen LogP contribution is -2.33. The Balaban J connectivity index is 2.33. The van der Waals surface area contributed by atoms with Gasteiger partial charge in [-0.1, -0.05) is 0 Å².